The Morgan fingerprint density at radius 2 is 2.24 bits per heavy atom. The average Bonchev–Trinajstić information content (AvgIpc) is 2.75. The van der Waals surface area contributed by atoms with Crippen LogP contribution in [0.2, 0.25) is 0 Å². The molecule has 90 valence electrons. The molecule has 2 rings (SSSR count). The van der Waals surface area contributed by atoms with Gasteiger partial charge in [-0.25, -0.2) is 13.8 Å². The molecule has 0 radical (unpaired) electrons. The van der Waals surface area contributed by atoms with Gasteiger partial charge in [0.1, 0.15) is 0 Å². The monoisotopic (exact) mass is 255 g/mol. The molecule has 0 aliphatic rings. The lowest BCUT2D eigenvalue weighted by molar-refractivity contribution is 0.140. The van der Waals surface area contributed by atoms with Crippen molar-refractivity contribution >= 4 is 11.8 Å². The van der Waals surface area contributed by atoms with Crippen LogP contribution in [0.1, 0.15) is 23.4 Å². The van der Waals surface area contributed by atoms with Crippen molar-refractivity contribution in [2.24, 2.45) is 0 Å². The molecule has 1 aromatic heterocycles. The number of alkyl halides is 2. The maximum absolute atomic E-state index is 12.3. The molecule has 0 aliphatic carbocycles. The van der Waals surface area contributed by atoms with Crippen molar-refractivity contribution in [3.05, 3.63) is 41.2 Å². The largest absolute Gasteiger partial charge is 0.296 e. The van der Waals surface area contributed by atoms with E-state index in [1.165, 1.54) is 17.3 Å². The van der Waals surface area contributed by atoms with Crippen LogP contribution < -0.4 is 0 Å². The van der Waals surface area contributed by atoms with Crippen LogP contribution in [0.15, 0.2) is 29.4 Å². The van der Waals surface area contributed by atoms with Crippen LogP contribution in [-0.2, 0) is 5.75 Å². The Balaban J connectivity index is 1.97. The Bertz CT molecular complexity index is 499. The smallest absolute Gasteiger partial charge is 0.257 e. The fourth-order valence-electron chi connectivity index (χ4n) is 1.37. The molecule has 6 heteroatoms. The van der Waals surface area contributed by atoms with Gasteiger partial charge in [0.05, 0.1) is 0 Å². The van der Waals surface area contributed by atoms with Gasteiger partial charge >= 0.3 is 0 Å². The molecule has 1 aromatic carbocycles. The molecule has 3 nitrogen and oxygen atoms in total. The SMILES string of the molecule is Cc1cccc(CSc2n[nH]c(C(F)F)n2)c1. The van der Waals surface area contributed by atoms with Gasteiger partial charge in [0.15, 0.2) is 5.82 Å². The van der Waals surface area contributed by atoms with E-state index >= 15 is 0 Å². The second-order valence-corrected chi connectivity index (χ2v) is 4.52. The van der Waals surface area contributed by atoms with E-state index in [4.69, 9.17) is 0 Å². The number of hydrogen-bond donors (Lipinski definition) is 1. The molecule has 0 aliphatic heterocycles. The standard InChI is InChI=1S/C11H11F2N3S/c1-7-3-2-4-8(5-7)6-17-11-14-10(9(12)13)15-16-11/h2-5,9H,6H2,1H3,(H,14,15,16). The minimum absolute atomic E-state index is 0.349. The lowest BCUT2D eigenvalue weighted by atomic mass is 10.2. The number of H-pyrrole nitrogens is 1. The Morgan fingerprint density at radius 3 is 2.88 bits per heavy atom. The summed E-state index contributed by atoms with van der Waals surface area (Å²) in [6, 6.07) is 8.01. The summed E-state index contributed by atoms with van der Waals surface area (Å²) in [5, 5.41) is 6.29. The number of aryl methyl sites for hydroxylation is 1. The zero-order valence-electron chi connectivity index (χ0n) is 9.15. The summed E-state index contributed by atoms with van der Waals surface area (Å²) in [5.41, 5.74) is 2.30. The van der Waals surface area contributed by atoms with Crippen molar-refractivity contribution in [2.75, 3.05) is 0 Å². The number of nitrogens with one attached hydrogen (secondary N) is 1. The highest BCUT2D eigenvalue weighted by atomic mass is 32.2. The van der Waals surface area contributed by atoms with E-state index in [2.05, 4.69) is 15.2 Å². The lowest BCUT2D eigenvalue weighted by Gasteiger charge is -1.99. The molecule has 0 bridgehead atoms. The average molecular weight is 255 g/mol. The summed E-state index contributed by atoms with van der Waals surface area (Å²) >= 11 is 1.33. The Morgan fingerprint density at radius 1 is 1.41 bits per heavy atom. The third kappa shape index (κ3) is 3.26. The van der Waals surface area contributed by atoms with E-state index in [1.807, 2.05) is 31.2 Å². The minimum atomic E-state index is -2.60. The molecule has 0 amide bonds. The summed E-state index contributed by atoms with van der Waals surface area (Å²) in [5.74, 6) is 0.291. The zero-order chi connectivity index (χ0) is 12.3. The number of aromatic amines is 1. The van der Waals surface area contributed by atoms with E-state index in [0.717, 1.165) is 5.56 Å². The van der Waals surface area contributed by atoms with Crippen LogP contribution in [0, 0.1) is 6.92 Å². The van der Waals surface area contributed by atoms with Gasteiger partial charge < -0.3 is 0 Å². The summed E-state index contributed by atoms with van der Waals surface area (Å²) < 4.78 is 24.5. The Labute approximate surface area is 102 Å². The summed E-state index contributed by atoms with van der Waals surface area (Å²) in [7, 11) is 0. The van der Waals surface area contributed by atoms with E-state index in [9.17, 15) is 8.78 Å². The topological polar surface area (TPSA) is 41.6 Å². The molecule has 0 fully saturated rings. The lowest BCUT2D eigenvalue weighted by Crippen LogP contribution is -1.86. The molecule has 1 heterocycles. The number of aromatic nitrogens is 3. The van der Waals surface area contributed by atoms with Crippen molar-refractivity contribution < 1.29 is 8.78 Å². The van der Waals surface area contributed by atoms with Crippen LogP contribution in [0.4, 0.5) is 8.78 Å². The second-order valence-electron chi connectivity index (χ2n) is 3.58. The van der Waals surface area contributed by atoms with E-state index in [0.29, 0.717) is 10.9 Å². The van der Waals surface area contributed by atoms with Gasteiger partial charge in [-0.1, -0.05) is 41.6 Å². The number of benzene rings is 1. The Hall–Kier alpha value is -1.43. The van der Waals surface area contributed by atoms with Crippen molar-refractivity contribution in [1.29, 1.82) is 0 Å². The fraction of sp³-hybridized carbons (Fsp3) is 0.273. The van der Waals surface area contributed by atoms with Crippen LogP contribution >= 0.6 is 11.8 Å². The maximum atomic E-state index is 12.3. The normalized spacial score (nSPS) is 11.1. The molecule has 0 saturated heterocycles. The third-order valence-corrected chi connectivity index (χ3v) is 3.06. The first-order valence-corrected chi connectivity index (χ1v) is 6.02. The van der Waals surface area contributed by atoms with Crippen molar-refractivity contribution in [2.45, 2.75) is 24.3 Å². The van der Waals surface area contributed by atoms with Gasteiger partial charge in [-0.2, -0.15) is 0 Å². The van der Waals surface area contributed by atoms with Gasteiger partial charge in [0, 0.05) is 5.75 Å². The molecule has 0 atom stereocenters. The molecule has 17 heavy (non-hydrogen) atoms. The predicted molar refractivity (Wildman–Crippen MR) is 62.1 cm³/mol. The molecular weight excluding hydrogens is 244 g/mol. The summed E-state index contributed by atoms with van der Waals surface area (Å²) in [6.45, 7) is 2.01. The number of nitrogens with zero attached hydrogens (tertiary/aromatic N) is 2. The van der Waals surface area contributed by atoms with Crippen molar-refractivity contribution in [3.8, 4) is 0 Å². The summed E-state index contributed by atoms with van der Waals surface area (Å²) in [4.78, 5) is 3.69. The van der Waals surface area contributed by atoms with Gasteiger partial charge in [0.25, 0.3) is 6.43 Å². The zero-order valence-corrected chi connectivity index (χ0v) is 9.97. The molecular formula is C11H11F2N3S. The molecule has 2 aromatic rings. The van der Waals surface area contributed by atoms with Crippen molar-refractivity contribution in [1.82, 2.24) is 15.2 Å². The van der Waals surface area contributed by atoms with Gasteiger partial charge in [-0.3, -0.25) is 5.10 Å². The molecule has 0 saturated carbocycles. The molecule has 0 spiro atoms. The predicted octanol–water partition coefficient (Wildman–Crippen LogP) is 3.34. The first-order chi connectivity index (χ1) is 8.15. The maximum Gasteiger partial charge on any atom is 0.296 e. The van der Waals surface area contributed by atoms with Crippen LogP contribution in [0.25, 0.3) is 0 Å². The fourth-order valence-corrected chi connectivity index (χ4v) is 2.12. The molecule has 1 N–H and O–H groups in total. The highest BCUT2D eigenvalue weighted by Gasteiger charge is 2.12. The van der Waals surface area contributed by atoms with Gasteiger partial charge in [-0.05, 0) is 12.5 Å². The first-order valence-electron chi connectivity index (χ1n) is 5.04. The van der Waals surface area contributed by atoms with Crippen LogP contribution in [-0.4, -0.2) is 15.2 Å². The number of thioether (sulfide) groups is 1. The third-order valence-electron chi connectivity index (χ3n) is 2.14. The molecule has 0 unspecified atom stereocenters. The van der Waals surface area contributed by atoms with Gasteiger partial charge in [-0.15, -0.1) is 5.10 Å². The quantitative estimate of drug-likeness (QED) is 0.852. The first kappa shape index (κ1) is 12.0. The highest BCUT2D eigenvalue weighted by molar-refractivity contribution is 7.98. The second kappa shape index (κ2) is 5.27. The van der Waals surface area contributed by atoms with Gasteiger partial charge in [0.2, 0.25) is 5.16 Å². The number of halogens is 2. The summed E-state index contributed by atoms with van der Waals surface area (Å²) in [6.07, 6.45) is -2.60. The number of rotatable bonds is 4. The minimum Gasteiger partial charge on any atom is -0.257 e. The number of hydrogen-bond acceptors (Lipinski definition) is 3. The highest BCUT2D eigenvalue weighted by Crippen LogP contribution is 2.22. The van der Waals surface area contributed by atoms with Crippen molar-refractivity contribution in [3.63, 3.8) is 0 Å². The Kier molecular flexibility index (Phi) is 3.73. The van der Waals surface area contributed by atoms with Crippen LogP contribution in [0.3, 0.4) is 0 Å². The van der Waals surface area contributed by atoms with E-state index < -0.39 is 6.43 Å². The van der Waals surface area contributed by atoms with Crippen LogP contribution in [0.5, 0.6) is 0 Å². The van der Waals surface area contributed by atoms with E-state index in [-0.39, 0.29) is 5.82 Å². The van der Waals surface area contributed by atoms with E-state index in [1.54, 1.807) is 0 Å².